The van der Waals surface area contributed by atoms with Crippen LogP contribution in [0.15, 0.2) is 0 Å². The maximum Gasteiger partial charge on any atom is 0.285 e. The van der Waals surface area contributed by atoms with Gasteiger partial charge in [-0.25, -0.2) is 13.5 Å². The Morgan fingerprint density at radius 2 is 1.67 bits per heavy atom. The summed E-state index contributed by atoms with van der Waals surface area (Å²) in [5, 5.41) is 4.25. The Labute approximate surface area is 158 Å². The Morgan fingerprint density at radius 3 is 2.17 bits per heavy atom. The number of aromatic nitrogens is 2. The molecular formula is C18H31F2IN2O. The highest BCUT2D eigenvalue weighted by molar-refractivity contribution is 14.1. The van der Waals surface area contributed by atoms with Crippen LogP contribution in [0.4, 0.5) is 8.78 Å². The summed E-state index contributed by atoms with van der Waals surface area (Å²) in [7, 11) is 1.43. The first-order valence-electron chi connectivity index (χ1n) is 9.02. The molecule has 0 spiro atoms. The molecule has 1 atom stereocenters. The minimum Gasteiger partial charge on any atom is -0.492 e. The average Bonchev–Trinajstić information content (AvgIpc) is 2.90. The van der Waals surface area contributed by atoms with Crippen molar-refractivity contribution in [1.82, 2.24) is 9.78 Å². The lowest BCUT2D eigenvalue weighted by atomic mass is 9.88. The number of alkyl halides is 2. The van der Waals surface area contributed by atoms with Gasteiger partial charge in [0.15, 0.2) is 11.4 Å². The van der Waals surface area contributed by atoms with Crippen molar-refractivity contribution in [3.05, 3.63) is 9.39 Å². The Hall–Kier alpha value is -0.400. The molecule has 0 amide bonds. The van der Waals surface area contributed by atoms with E-state index in [-0.39, 0.29) is 17.0 Å². The molecule has 0 saturated carbocycles. The zero-order valence-corrected chi connectivity index (χ0v) is 17.5. The van der Waals surface area contributed by atoms with E-state index < -0.39 is 6.43 Å². The van der Waals surface area contributed by atoms with Crippen molar-refractivity contribution < 1.29 is 13.5 Å². The van der Waals surface area contributed by atoms with Gasteiger partial charge in [-0.1, -0.05) is 58.8 Å². The van der Waals surface area contributed by atoms with E-state index in [1.54, 1.807) is 4.68 Å². The Balaban J connectivity index is 3.01. The fourth-order valence-corrected chi connectivity index (χ4v) is 4.28. The Kier molecular flexibility index (Phi) is 9.52. The molecule has 0 fully saturated rings. The van der Waals surface area contributed by atoms with Gasteiger partial charge in [0.2, 0.25) is 0 Å². The molecular weight excluding hydrogens is 425 g/mol. The number of unbranched alkanes of at least 4 members (excludes halogenated alkanes) is 5. The van der Waals surface area contributed by atoms with Gasteiger partial charge in [0.1, 0.15) is 3.70 Å². The fourth-order valence-electron chi connectivity index (χ4n) is 3.09. The van der Waals surface area contributed by atoms with E-state index in [0.29, 0.717) is 3.70 Å². The monoisotopic (exact) mass is 456 g/mol. The van der Waals surface area contributed by atoms with Crippen LogP contribution in [-0.4, -0.2) is 16.9 Å². The molecule has 0 bridgehead atoms. The topological polar surface area (TPSA) is 27.1 Å². The normalized spacial score (nSPS) is 14.2. The number of nitrogens with zero attached hydrogens (tertiary/aromatic N) is 2. The van der Waals surface area contributed by atoms with Crippen LogP contribution in [0, 0.1) is 3.70 Å². The van der Waals surface area contributed by atoms with Gasteiger partial charge < -0.3 is 4.74 Å². The van der Waals surface area contributed by atoms with Gasteiger partial charge >= 0.3 is 0 Å². The highest BCUT2D eigenvalue weighted by Gasteiger charge is 2.33. The average molecular weight is 456 g/mol. The minimum atomic E-state index is -2.62. The van der Waals surface area contributed by atoms with Crippen LogP contribution in [0.3, 0.4) is 0 Å². The molecule has 1 heterocycles. The van der Waals surface area contributed by atoms with E-state index in [9.17, 15) is 8.78 Å². The lowest BCUT2D eigenvalue weighted by Crippen LogP contribution is -2.32. The van der Waals surface area contributed by atoms with E-state index in [2.05, 4.69) is 48.5 Å². The highest BCUT2D eigenvalue weighted by Crippen LogP contribution is 2.38. The molecule has 0 aromatic carbocycles. The van der Waals surface area contributed by atoms with Crippen molar-refractivity contribution in [2.24, 2.45) is 0 Å². The summed E-state index contributed by atoms with van der Waals surface area (Å²) in [6.45, 7) is 6.50. The molecule has 0 N–H and O–H groups in total. The summed E-state index contributed by atoms with van der Waals surface area (Å²) < 4.78 is 34.2. The molecule has 24 heavy (non-hydrogen) atoms. The van der Waals surface area contributed by atoms with Crippen molar-refractivity contribution in [1.29, 1.82) is 0 Å². The predicted molar refractivity (Wildman–Crippen MR) is 103 cm³/mol. The molecule has 0 saturated heterocycles. The SMILES string of the molecule is CCCCCCCC(C)(CCCC)n1nc(C(F)F)c(OC)c1I. The maximum atomic E-state index is 13.3. The van der Waals surface area contributed by atoms with Gasteiger partial charge in [-0.15, -0.1) is 0 Å². The number of ether oxygens (including phenoxy) is 1. The lowest BCUT2D eigenvalue weighted by molar-refractivity contribution is 0.138. The summed E-state index contributed by atoms with van der Waals surface area (Å²) in [5.41, 5.74) is -0.477. The fraction of sp³-hybridized carbons (Fsp3) is 0.833. The van der Waals surface area contributed by atoms with Crippen LogP contribution in [-0.2, 0) is 5.54 Å². The van der Waals surface area contributed by atoms with Crippen LogP contribution >= 0.6 is 22.6 Å². The van der Waals surface area contributed by atoms with Crippen molar-refractivity contribution in [2.45, 2.75) is 90.5 Å². The van der Waals surface area contributed by atoms with E-state index in [1.165, 1.54) is 32.8 Å². The molecule has 0 aliphatic rings. The second-order valence-corrected chi connectivity index (χ2v) is 7.71. The largest absolute Gasteiger partial charge is 0.492 e. The van der Waals surface area contributed by atoms with E-state index in [0.717, 1.165) is 32.1 Å². The second-order valence-electron chi connectivity index (χ2n) is 6.69. The number of hydrogen-bond donors (Lipinski definition) is 0. The Bertz CT molecular complexity index is 494. The van der Waals surface area contributed by atoms with Crippen molar-refractivity contribution in [2.75, 3.05) is 7.11 Å². The van der Waals surface area contributed by atoms with E-state index in [1.807, 2.05) is 0 Å². The summed E-state index contributed by atoms with van der Waals surface area (Å²) in [6, 6.07) is 0. The van der Waals surface area contributed by atoms with Crippen LogP contribution in [0.5, 0.6) is 5.75 Å². The first-order chi connectivity index (χ1) is 11.4. The van der Waals surface area contributed by atoms with Crippen LogP contribution < -0.4 is 4.74 Å². The lowest BCUT2D eigenvalue weighted by Gasteiger charge is -2.31. The first kappa shape index (κ1) is 21.6. The van der Waals surface area contributed by atoms with Crippen LogP contribution in [0.2, 0.25) is 0 Å². The number of methoxy groups -OCH3 is 1. The quantitative estimate of drug-likeness (QED) is 0.259. The Morgan fingerprint density at radius 1 is 1.08 bits per heavy atom. The van der Waals surface area contributed by atoms with Gasteiger partial charge in [0.25, 0.3) is 6.43 Å². The predicted octanol–water partition coefficient (Wildman–Crippen LogP) is 6.70. The van der Waals surface area contributed by atoms with Gasteiger partial charge in [-0.05, 0) is 42.4 Å². The maximum absolute atomic E-state index is 13.3. The first-order valence-corrected chi connectivity index (χ1v) is 10.1. The van der Waals surface area contributed by atoms with Crippen LogP contribution in [0.25, 0.3) is 0 Å². The van der Waals surface area contributed by atoms with Gasteiger partial charge in [-0.2, -0.15) is 5.10 Å². The summed E-state index contributed by atoms with van der Waals surface area (Å²) >= 11 is 2.09. The van der Waals surface area contributed by atoms with Crippen molar-refractivity contribution in [3.8, 4) is 5.75 Å². The third-order valence-corrected chi connectivity index (χ3v) is 5.57. The molecule has 1 unspecified atom stereocenters. The molecule has 140 valence electrons. The van der Waals surface area contributed by atoms with Gasteiger partial charge in [-0.3, -0.25) is 0 Å². The smallest absolute Gasteiger partial charge is 0.285 e. The summed E-state index contributed by atoms with van der Waals surface area (Å²) in [5.74, 6) is 0.222. The summed E-state index contributed by atoms with van der Waals surface area (Å²) in [4.78, 5) is 0. The number of halogens is 3. The van der Waals surface area contributed by atoms with Crippen molar-refractivity contribution >= 4 is 22.6 Å². The molecule has 3 nitrogen and oxygen atoms in total. The molecule has 1 aromatic heterocycles. The van der Waals surface area contributed by atoms with Gasteiger partial charge in [0, 0.05) is 0 Å². The van der Waals surface area contributed by atoms with Gasteiger partial charge in [0.05, 0.1) is 12.6 Å². The molecule has 1 rings (SSSR count). The van der Waals surface area contributed by atoms with Crippen molar-refractivity contribution in [3.63, 3.8) is 0 Å². The molecule has 0 aliphatic carbocycles. The molecule has 0 radical (unpaired) electrons. The van der Waals surface area contributed by atoms with E-state index >= 15 is 0 Å². The zero-order valence-electron chi connectivity index (χ0n) is 15.4. The highest BCUT2D eigenvalue weighted by atomic mass is 127. The minimum absolute atomic E-state index is 0.222. The number of hydrogen-bond acceptors (Lipinski definition) is 2. The summed E-state index contributed by atoms with van der Waals surface area (Å²) in [6.07, 6.45) is 7.44. The molecule has 6 heteroatoms. The third kappa shape index (κ3) is 5.56. The van der Waals surface area contributed by atoms with Crippen LogP contribution in [0.1, 0.15) is 90.7 Å². The zero-order chi connectivity index (χ0) is 18.2. The molecule has 0 aliphatic heterocycles. The van der Waals surface area contributed by atoms with E-state index in [4.69, 9.17) is 4.74 Å². The standard InChI is InChI=1S/C18H31F2IN2O/c1-5-7-9-10-11-13-18(3,12-8-6-2)23-17(21)15(24-4)14(22-23)16(19)20/h16H,5-13H2,1-4H3. The molecule has 1 aromatic rings. The second kappa shape index (κ2) is 10.6. The third-order valence-electron chi connectivity index (χ3n) is 4.62. The number of rotatable bonds is 12.